The summed E-state index contributed by atoms with van der Waals surface area (Å²) in [6.45, 7) is 4.28. The molecular weight excluding hydrogens is 531 g/mol. The first kappa shape index (κ1) is 27.9. The quantitative estimate of drug-likeness (QED) is 0.379. The molecule has 1 aromatic heterocycles. The summed E-state index contributed by atoms with van der Waals surface area (Å²) < 4.78 is 50.5. The smallest absolute Gasteiger partial charge is 0.381 e. The number of benzene rings is 2. The zero-order chi connectivity index (χ0) is 29.2. The monoisotopic (exact) mass is 567 g/mol. The Balaban J connectivity index is 1.38. The van der Waals surface area contributed by atoms with Crippen molar-refractivity contribution in [3.05, 3.63) is 75.9 Å². The van der Waals surface area contributed by atoms with Gasteiger partial charge < -0.3 is 19.5 Å². The highest BCUT2D eigenvalue weighted by Crippen LogP contribution is 2.50. The van der Waals surface area contributed by atoms with Crippen LogP contribution < -0.4 is 10.2 Å². The van der Waals surface area contributed by atoms with Crippen LogP contribution in [0.4, 0.5) is 18.9 Å². The Morgan fingerprint density at radius 3 is 2.46 bits per heavy atom. The van der Waals surface area contributed by atoms with Gasteiger partial charge in [0.15, 0.2) is 0 Å². The minimum absolute atomic E-state index is 0.0377. The summed E-state index contributed by atoms with van der Waals surface area (Å²) in [4.78, 5) is 15.3. The van der Waals surface area contributed by atoms with Gasteiger partial charge in [0.25, 0.3) is 5.91 Å². The van der Waals surface area contributed by atoms with Gasteiger partial charge in [-0.3, -0.25) is 4.79 Å². The second-order valence-electron chi connectivity index (χ2n) is 12.2. The number of fused-ring (bicyclic) bond motifs is 1. The van der Waals surface area contributed by atoms with Crippen molar-refractivity contribution in [2.75, 3.05) is 12.0 Å². The minimum atomic E-state index is -4.57. The maximum absolute atomic E-state index is 14.3. The molecule has 6 rings (SSSR count). The van der Waals surface area contributed by atoms with E-state index in [-0.39, 0.29) is 35.9 Å². The maximum atomic E-state index is 14.3. The molecule has 10 heteroatoms. The molecule has 41 heavy (non-hydrogen) atoms. The van der Waals surface area contributed by atoms with Crippen LogP contribution in [0.1, 0.15) is 90.0 Å². The summed E-state index contributed by atoms with van der Waals surface area (Å²) in [6.07, 6.45) is 2.36. The number of methoxy groups -OCH3 is 1. The predicted molar refractivity (Wildman–Crippen MR) is 149 cm³/mol. The fourth-order valence-electron chi connectivity index (χ4n) is 6.69. The number of ether oxygens (including phenoxy) is 1. The second-order valence-corrected chi connectivity index (χ2v) is 12.2. The highest BCUT2D eigenvalue weighted by Gasteiger charge is 2.51. The second kappa shape index (κ2) is 9.94. The van der Waals surface area contributed by atoms with Gasteiger partial charge in [-0.1, -0.05) is 13.0 Å². The van der Waals surface area contributed by atoms with E-state index in [1.54, 1.807) is 19.5 Å². The molecule has 0 spiro atoms. The normalized spacial score (nSPS) is 23.3. The Morgan fingerprint density at radius 1 is 1.12 bits per heavy atom. The van der Waals surface area contributed by atoms with Crippen molar-refractivity contribution < 1.29 is 22.7 Å². The number of halogens is 3. The first-order chi connectivity index (χ1) is 19.5. The molecule has 0 radical (unpaired) electrons. The van der Waals surface area contributed by atoms with Crippen LogP contribution in [-0.4, -0.2) is 39.4 Å². The zero-order valence-corrected chi connectivity index (χ0v) is 23.9. The third-order valence-corrected chi connectivity index (χ3v) is 9.46. The van der Waals surface area contributed by atoms with Gasteiger partial charge in [-0.15, -0.1) is 10.2 Å². The third-order valence-electron chi connectivity index (χ3n) is 9.46. The van der Waals surface area contributed by atoms with E-state index in [9.17, 15) is 18.0 Å². The van der Waals surface area contributed by atoms with Crippen LogP contribution in [0.25, 0.3) is 0 Å². The minimum Gasteiger partial charge on any atom is -0.381 e. The average molecular weight is 568 g/mol. The highest BCUT2D eigenvalue weighted by atomic mass is 19.4. The van der Waals surface area contributed by atoms with Crippen molar-refractivity contribution in [2.24, 2.45) is 7.05 Å². The van der Waals surface area contributed by atoms with Gasteiger partial charge >= 0.3 is 6.18 Å². The summed E-state index contributed by atoms with van der Waals surface area (Å²) in [5.41, 5.74) is 1.95. The average Bonchev–Trinajstić information content (AvgIpc) is 3.48. The molecule has 0 saturated heterocycles. The van der Waals surface area contributed by atoms with Crippen LogP contribution >= 0.6 is 0 Å². The largest absolute Gasteiger partial charge is 0.416 e. The van der Waals surface area contributed by atoms with Crippen LogP contribution in [0.15, 0.2) is 36.7 Å². The Kier molecular flexibility index (Phi) is 6.77. The van der Waals surface area contributed by atoms with Gasteiger partial charge in [0.2, 0.25) is 0 Å². The molecule has 2 saturated carbocycles. The zero-order valence-electron chi connectivity index (χ0n) is 23.9. The van der Waals surface area contributed by atoms with Crippen molar-refractivity contribution in [2.45, 2.75) is 88.7 Å². The molecule has 7 nitrogen and oxygen atoms in total. The lowest BCUT2D eigenvalue weighted by atomic mass is 9.61. The number of rotatable bonds is 8. The molecule has 2 aromatic carbocycles. The standard InChI is InChI=1S/C31H36F3N5O2/c1-5-19-9-21(30(14-23(15-30)41-4)28-37-36-18-38(28)3)13-22(10-19)39-17-25-24(27(39)40)11-20(12-26(25)31(32,33)34)16-35-29(2)7-6-8-29/h9-13,18,23,35H,5-8,14-17H2,1-4H3/t23-,30-. The first-order valence-corrected chi connectivity index (χ1v) is 14.3. The number of nitrogens with zero attached hydrogens (tertiary/aromatic N) is 4. The van der Waals surface area contributed by atoms with Crippen molar-refractivity contribution in [3.63, 3.8) is 0 Å². The molecule has 1 N–H and O–H groups in total. The Labute approximate surface area is 238 Å². The molecule has 2 aliphatic carbocycles. The van der Waals surface area contributed by atoms with Gasteiger partial charge in [0.05, 0.1) is 23.6 Å². The van der Waals surface area contributed by atoms with E-state index >= 15 is 0 Å². The van der Waals surface area contributed by atoms with E-state index < -0.39 is 23.1 Å². The van der Waals surface area contributed by atoms with Crippen LogP contribution in [0.5, 0.6) is 0 Å². The molecular formula is C31H36F3N5O2. The Bertz CT molecular complexity index is 1490. The summed E-state index contributed by atoms with van der Waals surface area (Å²) in [7, 11) is 3.59. The number of amides is 1. The molecule has 0 unspecified atom stereocenters. The SMILES string of the molecule is CCc1cc(N2Cc3c(cc(CNC4(C)CCC4)cc3C(F)(F)F)C2=O)cc([C@]2(c3nncn3C)C[C@H](OC)C2)c1. The van der Waals surface area contributed by atoms with E-state index in [1.165, 1.54) is 11.0 Å². The van der Waals surface area contributed by atoms with Crippen LogP contribution in [-0.2, 0) is 42.9 Å². The summed E-state index contributed by atoms with van der Waals surface area (Å²) in [6, 6.07) is 8.82. The molecule has 2 fully saturated rings. The molecule has 2 heterocycles. The molecule has 3 aromatic rings. The van der Waals surface area contributed by atoms with E-state index in [0.29, 0.717) is 30.5 Å². The van der Waals surface area contributed by atoms with Crippen molar-refractivity contribution in [1.82, 2.24) is 20.1 Å². The van der Waals surface area contributed by atoms with Crippen molar-refractivity contribution >= 4 is 11.6 Å². The Hall–Kier alpha value is -3.24. The van der Waals surface area contributed by atoms with Crippen LogP contribution in [0.3, 0.4) is 0 Å². The lowest BCUT2D eigenvalue weighted by Gasteiger charge is -2.46. The third kappa shape index (κ3) is 4.74. The summed E-state index contributed by atoms with van der Waals surface area (Å²) in [5.74, 6) is 0.398. The molecule has 1 aliphatic heterocycles. The van der Waals surface area contributed by atoms with Gasteiger partial charge in [-0.25, -0.2) is 0 Å². The van der Waals surface area contributed by atoms with Gasteiger partial charge in [0.1, 0.15) is 12.2 Å². The van der Waals surface area contributed by atoms with Crippen LogP contribution in [0, 0.1) is 0 Å². The molecule has 1 amide bonds. The predicted octanol–water partition coefficient (Wildman–Crippen LogP) is 5.68. The van der Waals surface area contributed by atoms with Gasteiger partial charge in [-0.05, 0) is 92.0 Å². The number of hydrogen-bond donors (Lipinski definition) is 1. The number of aryl methyl sites for hydroxylation is 2. The van der Waals surface area contributed by atoms with E-state index in [2.05, 4.69) is 28.5 Å². The number of nitrogens with one attached hydrogen (secondary N) is 1. The van der Waals surface area contributed by atoms with Crippen molar-refractivity contribution in [1.29, 1.82) is 0 Å². The number of anilines is 1. The lowest BCUT2D eigenvalue weighted by molar-refractivity contribution is -0.138. The molecule has 0 bridgehead atoms. The molecule has 3 aliphatic rings. The molecule has 0 atom stereocenters. The van der Waals surface area contributed by atoms with Crippen LogP contribution in [0.2, 0.25) is 0 Å². The summed E-state index contributed by atoms with van der Waals surface area (Å²) >= 11 is 0. The van der Waals surface area contributed by atoms with E-state index in [4.69, 9.17) is 4.74 Å². The topological polar surface area (TPSA) is 72.3 Å². The number of aromatic nitrogens is 3. The fraction of sp³-hybridized carbons (Fsp3) is 0.516. The van der Waals surface area contributed by atoms with Gasteiger partial charge in [0, 0.05) is 37.5 Å². The number of carbonyl (C=O) groups excluding carboxylic acids is 1. The number of alkyl halides is 3. The van der Waals surface area contributed by atoms with Crippen molar-refractivity contribution in [3.8, 4) is 0 Å². The van der Waals surface area contributed by atoms with Gasteiger partial charge in [-0.2, -0.15) is 13.2 Å². The molecule has 218 valence electrons. The van der Waals surface area contributed by atoms with E-state index in [0.717, 1.165) is 36.2 Å². The van der Waals surface area contributed by atoms with E-state index in [1.807, 2.05) is 30.7 Å². The fourth-order valence-corrected chi connectivity index (χ4v) is 6.69. The maximum Gasteiger partial charge on any atom is 0.416 e. The number of hydrogen-bond acceptors (Lipinski definition) is 5. The lowest BCUT2D eigenvalue weighted by Crippen LogP contribution is -2.48. The Morgan fingerprint density at radius 2 is 1.88 bits per heavy atom. The number of carbonyl (C=O) groups is 1. The highest BCUT2D eigenvalue weighted by molar-refractivity contribution is 6.10. The summed E-state index contributed by atoms with van der Waals surface area (Å²) in [5, 5.41) is 11.9. The first-order valence-electron chi connectivity index (χ1n) is 14.3.